The van der Waals surface area contributed by atoms with Gasteiger partial charge in [-0.25, -0.2) is 5.06 Å². The van der Waals surface area contributed by atoms with Gasteiger partial charge in [-0.2, -0.15) is 0 Å². The van der Waals surface area contributed by atoms with Crippen molar-refractivity contribution in [3.05, 3.63) is 84.2 Å². The average molecular weight is 430 g/mol. The number of aromatic nitrogens is 1. The molecule has 32 heavy (non-hydrogen) atoms. The van der Waals surface area contributed by atoms with Crippen LogP contribution in [0.3, 0.4) is 0 Å². The van der Waals surface area contributed by atoms with Crippen LogP contribution in [0.1, 0.15) is 37.3 Å². The summed E-state index contributed by atoms with van der Waals surface area (Å²) in [6.07, 6.45) is 4.30. The third-order valence-electron chi connectivity index (χ3n) is 5.71. The summed E-state index contributed by atoms with van der Waals surface area (Å²) in [6, 6.07) is 19.2. The number of carbonyl (C=O) groups is 2. The molecule has 3 aromatic rings. The number of anilines is 1. The molecule has 1 aliphatic rings. The minimum absolute atomic E-state index is 0.00666. The van der Waals surface area contributed by atoms with Crippen LogP contribution in [0.15, 0.2) is 73.1 Å². The van der Waals surface area contributed by atoms with Crippen LogP contribution in [0.25, 0.3) is 11.1 Å². The first-order chi connectivity index (χ1) is 15.6. The van der Waals surface area contributed by atoms with E-state index in [9.17, 15) is 9.59 Å². The van der Waals surface area contributed by atoms with Gasteiger partial charge in [-0.1, -0.05) is 62.4 Å². The van der Waals surface area contributed by atoms with E-state index in [2.05, 4.69) is 34.6 Å². The standard InChI is InChI=1S/C26H27N3O3/c1-18(2)15-25(26(31)28-19-11-13-27-14-12-19)29(17-30)32-16-24-22-9-5-3-7-20(22)21-8-4-6-10-23(21)24/h3-14,17-18,24-25H,15-16H2,1-2H3,(H,27,28,31)/t25-/m0/s1. The van der Waals surface area contributed by atoms with Gasteiger partial charge < -0.3 is 5.32 Å². The molecular formula is C26H27N3O3. The SMILES string of the molecule is CC(C)C[C@@H](C(=O)Nc1ccncc1)N(C=O)OCC1c2ccccc2-c2ccccc21. The molecule has 1 aromatic heterocycles. The fourth-order valence-electron chi connectivity index (χ4n) is 4.23. The van der Waals surface area contributed by atoms with Crippen molar-refractivity contribution in [2.75, 3.05) is 11.9 Å². The number of hydroxylamine groups is 2. The van der Waals surface area contributed by atoms with Crippen molar-refractivity contribution in [2.24, 2.45) is 5.92 Å². The minimum Gasteiger partial charge on any atom is -0.324 e. The second-order valence-corrected chi connectivity index (χ2v) is 8.36. The molecule has 0 spiro atoms. The second kappa shape index (κ2) is 9.75. The number of carbonyl (C=O) groups excluding carboxylic acids is 2. The molecule has 6 nitrogen and oxygen atoms in total. The number of nitrogens with one attached hydrogen (secondary N) is 1. The Morgan fingerprint density at radius 3 is 2.19 bits per heavy atom. The third-order valence-corrected chi connectivity index (χ3v) is 5.71. The summed E-state index contributed by atoms with van der Waals surface area (Å²) in [5.74, 6) is -0.0980. The molecule has 0 unspecified atom stereocenters. The zero-order valence-corrected chi connectivity index (χ0v) is 18.3. The van der Waals surface area contributed by atoms with Crippen LogP contribution in [0.4, 0.5) is 5.69 Å². The Labute approximate surface area is 188 Å². The maximum absolute atomic E-state index is 13.0. The van der Waals surface area contributed by atoms with E-state index in [4.69, 9.17) is 4.84 Å². The molecular weight excluding hydrogens is 402 g/mol. The lowest BCUT2D eigenvalue weighted by Gasteiger charge is -2.29. The topological polar surface area (TPSA) is 71.5 Å². The molecule has 0 radical (unpaired) electrons. The number of benzene rings is 2. The monoisotopic (exact) mass is 429 g/mol. The fraction of sp³-hybridized carbons (Fsp3) is 0.269. The molecule has 6 heteroatoms. The van der Waals surface area contributed by atoms with Gasteiger partial charge >= 0.3 is 0 Å². The molecule has 164 valence electrons. The Kier molecular flexibility index (Phi) is 6.61. The van der Waals surface area contributed by atoms with E-state index >= 15 is 0 Å². The van der Waals surface area contributed by atoms with Crippen LogP contribution >= 0.6 is 0 Å². The van der Waals surface area contributed by atoms with Gasteiger partial charge in [0.05, 0.1) is 6.61 Å². The van der Waals surface area contributed by atoms with Gasteiger partial charge in [0.1, 0.15) is 6.04 Å². The average Bonchev–Trinajstić information content (AvgIpc) is 3.13. The molecule has 1 heterocycles. The normalized spacial score (nSPS) is 13.3. The highest BCUT2D eigenvalue weighted by Gasteiger charge is 2.32. The maximum Gasteiger partial charge on any atom is 0.249 e. The van der Waals surface area contributed by atoms with Crippen LogP contribution in [0.5, 0.6) is 0 Å². The number of rotatable bonds is 9. The lowest BCUT2D eigenvalue weighted by atomic mass is 9.98. The summed E-state index contributed by atoms with van der Waals surface area (Å²) >= 11 is 0. The highest BCUT2D eigenvalue weighted by molar-refractivity contribution is 5.95. The quantitative estimate of drug-likeness (QED) is 0.397. The number of amides is 2. The van der Waals surface area contributed by atoms with Gasteiger partial charge in [0, 0.05) is 24.0 Å². The van der Waals surface area contributed by atoms with Crippen LogP contribution < -0.4 is 5.32 Å². The van der Waals surface area contributed by atoms with E-state index in [-0.39, 0.29) is 24.3 Å². The molecule has 0 saturated heterocycles. The van der Waals surface area contributed by atoms with E-state index in [0.717, 1.165) is 0 Å². The van der Waals surface area contributed by atoms with Crippen molar-refractivity contribution >= 4 is 18.0 Å². The first-order valence-electron chi connectivity index (χ1n) is 10.8. The Morgan fingerprint density at radius 2 is 1.62 bits per heavy atom. The lowest BCUT2D eigenvalue weighted by molar-refractivity contribution is -0.191. The molecule has 2 aromatic carbocycles. The highest BCUT2D eigenvalue weighted by Crippen LogP contribution is 2.44. The number of hydrogen-bond donors (Lipinski definition) is 1. The lowest BCUT2D eigenvalue weighted by Crippen LogP contribution is -2.44. The van der Waals surface area contributed by atoms with Crippen molar-refractivity contribution in [2.45, 2.75) is 32.2 Å². The van der Waals surface area contributed by atoms with E-state index in [1.165, 1.54) is 27.3 Å². The van der Waals surface area contributed by atoms with Gasteiger partial charge in [-0.3, -0.25) is 19.4 Å². The van der Waals surface area contributed by atoms with E-state index < -0.39 is 6.04 Å². The van der Waals surface area contributed by atoms with Gasteiger partial charge in [0.25, 0.3) is 0 Å². The smallest absolute Gasteiger partial charge is 0.249 e. The zero-order chi connectivity index (χ0) is 22.5. The molecule has 1 aliphatic carbocycles. The molecule has 1 atom stereocenters. The number of hydrogen-bond acceptors (Lipinski definition) is 4. The van der Waals surface area contributed by atoms with E-state index in [1.54, 1.807) is 24.5 Å². The summed E-state index contributed by atoms with van der Waals surface area (Å²) in [5, 5.41) is 4.03. The first-order valence-corrected chi connectivity index (χ1v) is 10.8. The third kappa shape index (κ3) is 4.55. The van der Waals surface area contributed by atoms with Crippen molar-refractivity contribution in [3.63, 3.8) is 0 Å². The van der Waals surface area contributed by atoms with Crippen molar-refractivity contribution in [1.82, 2.24) is 10.0 Å². The summed E-state index contributed by atoms with van der Waals surface area (Å²) in [6.45, 7) is 4.29. The number of fused-ring (bicyclic) bond motifs is 3. The largest absolute Gasteiger partial charge is 0.324 e. The second-order valence-electron chi connectivity index (χ2n) is 8.36. The first kappa shape index (κ1) is 21.7. The van der Waals surface area contributed by atoms with Crippen molar-refractivity contribution in [3.8, 4) is 11.1 Å². The molecule has 0 saturated carbocycles. The number of nitrogens with zero attached hydrogens (tertiary/aromatic N) is 2. The predicted octanol–water partition coefficient (Wildman–Crippen LogP) is 4.64. The van der Waals surface area contributed by atoms with Gasteiger partial charge in [0.15, 0.2) is 0 Å². The Balaban J connectivity index is 1.53. The summed E-state index contributed by atoms with van der Waals surface area (Å²) in [4.78, 5) is 35.0. The molecule has 2 amide bonds. The van der Waals surface area contributed by atoms with Crippen LogP contribution in [-0.4, -0.2) is 35.0 Å². The Bertz CT molecular complexity index is 1040. The van der Waals surface area contributed by atoms with Crippen LogP contribution in [0, 0.1) is 5.92 Å². The van der Waals surface area contributed by atoms with E-state index in [0.29, 0.717) is 18.5 Å². The van der Waals surface area contributed by atoms with E-state index in [1.807, 2.05) is 38.1 Å². The Hall–Kier alpha value is -3.51. The fourth-order valence-corrected chi connectivity index (χ4v) is 4.23. The van der Waals surface area contributed by atoms with Crippen molar-refractivity contribution < 1.29 is 14.4 Å². The van der Waals surface area contributed by atoms with Gasteiger partial charge in [-0.15, -0.1) is 0 Å². The summed E-state index contributed by atoms with van der Waals surface area (Å²) < 4.78 is 0. The summed E-state index contributed by atoms with van der Waals surface area (Å²) in [7, 11) is 0. The molecule has 1 N–H and O–H groups in total. The maximum atomic E-state index is 13.0. The van der Waals surface area contributed by atoms with Crippen LogP contribution in [0.2, 0.25) is 0 Å². The van der Waals surface area contributed by atoms with Crippen LogP contribution in [-0.2, 0) is 14.4 Å². The van der Waals surface area contributed by atoms with Crippen molar-refractivity contribution in [1.29, 1.82) is 0 Å². The molecule has 0 fully saturated rings. The minimum atomic E-state index is -0.743. The zero-order valence-electron chi connectivity index (χ0n) is 18.3. The highest BCUT2D eigenvalue weighted by atomic mass is 16.7. The predicted molar refractivity (Wildman–Crippen MR) is 124 cm³/mol. The molecule has 4 rings (SSSR count). The Morgan fingerprint density at radius 1 is 1.03 bits per heavy atom. The van der Waals surface area contributed by atoms with Gasteiger partial charge in [-0.05, 0) is 46.7 Å². The molecule has 0 bridgehead atoms. The summed E-state index contributed by atoms with van der Waals surface area (Å²) in [5.41, 5.74) is 5.33. The van der Waals surface area contributed by atoms with Gasteiger partial charge in [0.2, 0.25) is 12.3 Å². The molecule has 0 aliphatic heterocycles. The number of pyridine rings is 1.